The van der Waals surface area contributed by atoms with Gasteiger partial charge < -0.3 is 35.2 Å². The maximum Gasteiger partial charge on any atom is 0.251 e. The van der Waals surface area contributed by atoms with Crippen molar-refractivity contribution < 1.29 is 34.7 Å². The summed E-state index contributed by atoms with van der Waals surface area (Å²) in [5, 5.41) is 42.1. The molecule has 0 bridgehead atoms. The van der Waals surface area contributed by atoms with Crippen LogP contribution in [0.5, 0.6) is 5.75 Å². The van der Waals surface area contributed by atoms with Crippen LogP contribution < -0.4 is 10.1 Å². The molecule has 0 unspecified atom stereocenters. The molecule has 5 N–H and O–H groups in total. The number of fused-ring (bicyclic) bond motifs is 1. The molecule has 2 aromatic carbocycles. The first-order valence-electron chi connectivity index (χ1n) is 9.88. The molecule has 5 atom stereocenters. The van der Waals surface area contributed by atoms with E-state index in [4.69, 9.17) is 9.47 Å². The lowest BCUT2D eigenvalue weighted by atomic mass is 9.94. The molecule has 1 fully saturated rings. The molecule has 0 radical (unpaired) electrons. The number of carbonyl (C=O) groups excluding carboxylic acids is 1. The van der Waals surface area contributed by atoms with Gasteiger partial charge in [0.05, 0.1) is 6.61 Å². The first kappa shape index (κ1) is 20.8. The largest absolute Gasteiger partial charge is 0.462 e. The highest BCUT2D eigenvalue weighted by Gasteiger charge is 2.44. The minimum absolute atomic E-state index is 0.0719. The average Bonchev–Trinajstić information content (AvgIpc) is 2.75. The maximum atomic E-state index is 12.1. The van der Waals surface area contributed by atoms with Gasteiger partial charge in [-0.1, -0.05) is 18.2 Å². The van der Waals surface area contributed by atoms with Crippen molar-refractivity contribution in [3.8, 4) is 16.9 Å². The number of carbonyl (C=O) groups is 1. The molecule has 0 aromatic heterocycles. The molecule has 0 spiro atoms. The number of aryl methyl sites for hydroxylation is 1. The van der Waals surface area contributed by atoms with Gasteiger partial charge in [0.25, 0.3) is 5.91 Å². The molecule has 4 rings (SSSR count). The molecular weight excluding hydrogens is 390 g/mol. The first-order chi connectivity index (χ1) is 14.4. The SMILES string of the molecule is Cc1cc(-c2ccc3c(c2)C(=O)NCC3)ccc1O[C@H]1O[C@H](CO)[C@@H](O)[C@H](O)[C@@H]1O. The highest BCUT2D eigenvalue weighted by atomic mass is 16.7. The van der Waals surface area contributed by atoms with Gasteiger partial charge in [0, 0.05) is 12.1 Å². The number of hydrogen-bond acceptors (Lipinski definition) is 7. The second kappa shape index (κ2) is 8.33. The summed E-state index contributed by atoms with van der Waals surface area (Å²) >= 11 is 0. The van der Waals surface area contributed by atoms with Crippen LogP contribution in [0.15, 0.2) is 36.4 Å². The van der Waals surface area contributed by atoms with Gasteiger partial charge in [-0.05, 0) is 53.8 Å². The van der Waals surface area contributed by atoms with Crippen LogP contribution in [0.1, 0.15) is 21.5 Å². The quantitative estimate of drug-likeness (QED) is 0.480. The number of hydrogen-bond donors (Lipinski definition) is 5. The van der Waals surface area contributed by atoms with Gasteiger partial charge in [-0.25, -0.2) is 0 Å². The summed E-state index contributed by atoms with van der Waals surface area (Å²) in [6.45, 7) is 1.96. The smallest absolute Gasteiger partial charge is 0.251 e. The van der Waals surface area contributed by atoms with E-state index in [1.807, 2.05) is 37.3 Å². The Hall–Kier alpha value is -2.49. The van der Waals surface area contributed by atoms with E-state index >= 15 is 0 Å². The van der Waals surface area contributed by atoms with E-state index in [1.165, 1.54) is 0 Å². The van der Waals surface area contributed by atoms with Crippen LogP contribution in [0.25, 0.3) is 11.1 Å². The lowest BCUT2D eigenvalue weighted by Gasteiger charge is -2.39. The van der Waals surface area contributed by atoms with Crippen molar-refractivity contribution in [2.24, 2.45) is 0 Å². The van der Waals surface area contributed by atoms with E-state index in [1.54, 1.807) is 6.07 Å². The van der Waals surface area contributed by atoms with Crippen molar-refractivity contribution in [3.63, 3.8) is 0 Å². The van der Waals surface area contributed by atoms with E-state index in [-0.39, 0.29) is 5.91 Å². The Kier molecular flexibility index (Phi) is 5.77. The third-order valence-corrected chi connectivity index (χ3v) is 5.63. The highest BCUT2D eigenvalue weighted by Crippen LogP contribution is 2.31. The van der Waals surface area contributed by atoms with Gasteiger partial charge in [-0.3, -0.25) is 4.79 Å². The Labute approximate surface area is 173 Å². The lowest BCUT2D eigenvalue weighted by Crippen LogP contribution is -2.60. The number of amides is 1. The molecule has 2 aliphatic rings. The second-order valence-corrected chi connectivity index (χ2v) is 7.67. The van der Waals surface area contributed by atoms with Crippen molar-refractivity contribution in [2.45, 2.75) is 44.1 Å². The summed E-state index contributed by atoms with van der Waals surface area (Å²) in [7, 11) is 0. The zero-order chi connectivity index (χ0) is 21.4. The topological polar surface area (TPSA) is 128 Å². The molecular formula is C22H25NO7. The standard InChI is InChI=1S/C22H25NO7/c1-11-8-13(14-3-2-12-6-7-23-21(28)15(12)9-14)4-5-16(11)29-22-20(27)19(26)18(25)17(10-24)30-22/h2-5,8-9,17-20,22,24-27H,6-7,10H2,1H3,(H,23,28)/t17-,18-,19+,20+,22+/m1/s1. The van der Waals surface area contributed by atoms with Crippen molar-refractivity contribution in [3.05, 3.63) is 53.1 Å². The molecule has 8 nitrogen and oxygen atoms in total. The molecule has 2 aromatic rings. The molecule has 1 amide bonds. The van der Waals surface area contributed by atoms with Crippen molar-refractivity contribution >= 4 is 5.91 Å². The summed E-state index contributed by atoms with van der Waals surface area (Å²) in [6, 6.07) is 11.3. The zero-order valence-corrected chi connectivity index (χ0v) is 16.5. The van der Waals surface area contributed by atoms with Crippen LogP contribution in [0.2, 0.25) is 0 Å². The Morgan fingerprint density at radius 3 is 2.53 bits per heavy atom. The number of aliphatic hydroxyl groups excluding tert-OH is 4. The first-order valence-corrected chi connectivity index (χ1v) is 9.88. The summed E-state index contributed by atoms with van der Waals surface area (Å²) in [6.07, 6.45) is -5.86. The summed E-state index contributed by atoms with van der Waals surface area (Å²) < 4.78 is 11.1. The van der Waals surface area contributed by atoms with E-state index in [9.17, 15) is 25.2 Å². The second-order valence-electron chi connectivity index (χ2n) is 7.67. The minimum Gasteiger partial charge on any atom is -0.462 e. The number of ether oxygens (including phenoxy) is 2. The molecule has 2 aliphatic heterocycles. The summed E-state index contributed by atoms with van der Waals surface area (Å²) in [4.78, 5) is 12.1. The van der Waals surface area contributed by atoms with Gasteiger partial charge in [-0.2, -0.15) is 0 Å². The van der Waals surface area contributed by atoms with E-state index in [2.05, 4.69) is 5.32 Å². The van der Waals surface area contributed by atoms with Gasteiger partial charge in [0.15, 0.2) is 0 Å². The molecule has 0 saturated carbocycles. The van der Waals surface area contributed by atoms with Gasteiger partial charge in [-0.15, -0.1) is 0 Å². The molecule has 1 saturated heterocycles. The molecule has 160 valence electrons. The van der Waals surface area contributed by atoms with E-state index in [0.717, 1.165) is 28.7 Å². The average molecular weight is 415 g/mol. The van der Waals surface area contributed by atoms with Crippen LogP contribution >= 0.6 is 0 Å². The fraction of sp³-hybridized carbons (Fsp3) is 0.409. The zero-order valence-electron chi connectivity index (χ0n) is 16.5. The number of aliphatic hydroxyl groups is 4. The summed E-state index contributed by atoms with van der Waals surface area (Å²) in [5.74, 6) is 0.358. The van der Waals surface area contributed by atoms with E-state index < -0.39 is 37.3 Å². The third kappa shape index (κ3) is 3.80. The van der Waals surface area contributed by atoms with Crippen LogP contribution in [0, 0.1) is 6.92 Å². The maximum absolute atomic E-state index is 12.1. The normalized spacial score (nSPS) is 28.6. The summed E-state index contributed by atoms with van der Waals surface area (Å²) in [5.41, 5.74) is 4.26. The van der Waals surface area contributed by atoms with Crippen LogP contribution in [0.4, 0.5) is 0 Å². The lowest BCUT2D eigenvalue weighted by molar-refractivity contribution is -0.277. The Morgan fingerprint density at radius 2 is 1.80 bits per heavy atom. The number of rotatable bonds is 4. The van der Waals surface area contributed by atoms with Gasteiger partial charge >= 0.3 is 0 Å². The Bertz CT molecular complexity index is 945. The van der Waals surface area contributed by atoms with Gasteiger partial charge in [0.1, 0.15) is 30.2 Å². The number of nitrogens with one attached hydrogen (secondary N) is 1. The number of benzene rings is 2. The molecule has 8 heteroatoms. The predicted octanol–water partition coefficient (Wildman–Crippen LogP) is 0.127. The fourth-order valence-electron chi connectivity index (χ4n) is 3.84. The van der Waals surface area contributed by atoms with Crippen molar-refractivity contribution in [2.75, 3.05) is 13.2 Å². The van der Waals surface area contributed by atoms with Crippen molar-refractivity contribution in [1.82, 2.24) is 5.32 Å². The molecule has 0 aliphatic carbocycles. The molecule has 2 heterocycles. The Morgan fingerprint density at radius 1 is 1.07 bits per heavy atom. The molecule has 30 heavy (non-hydrogen) atoms. The van der Waals surface area contributed by atoms with Crippen LogP contribution in [0.3, 0.4) is 0 Å². The predicted molar refractivity (Wildman–Crippen MR) is 107 cm³/mol. The Balaban J connectivity index is 1.55. The van der Waals surface area contributed by atoms with Gasteiger partial charge in [0.2, 0.25) is 6.29 Å². The minimum atomic E-state index is -1.50. The van der Waals surface area contributed by atoms with Crippen LogP contribution in [-0.4, -0.2) is 70.2 Å². The van der Waals surface area contributed by atoms with Crippen LogP contribution in [-0.2, 0) is 11.2 Å². The monoisotopic (exact) mass is 415 g/mol. The van der Waals surface area contributed by atoms with E-state index in [0.29, 0.717) is 17.9 Å². The highest BCUT2D eigenvalue weighted by molar-refractivity contribution is 5.98. The van der Waals surface area contributed by atoms with Crippen molar-refractivity contribution in [1.29, 1.82) is 0 Å². The fourth-order valence-corrected chi connectivity index (χ4v) is 3.84. The third-order valence-electron chi connectivity index (χ3n) is 5.63.